The topological polar surface area (TPSA) is 90.0 Å². The Balaban J connectivity index is 1.86. The molecule has 1 aromatic carbocycles. The van der Waals surface area contributed by atoms with Gasteiger partial charge in [0.2, 0.25) is 10.0 Å². The molecule has 0 radical (unpaired) electrons. The summed E-state index contributed by atoms with van der Waals surface area (Å²) in [6.07, 6.45) is 1.63. The first-order valence-corrected chi connectivity index (χ1v) is 9.97. The van der Waals surface area contributed by atoms with Gasteiger partial charge in [0.05, 0.1) is 39.1 Å². The molecular weight excluding hydrogens is 370 g/mol. The van der Waals surface area contributed by atoms with Crippen molar-refractivity contribution in [3.05, 3.63) is 53.9 Å². The van der Waals surface area contributed by atoms with Gasteiger partial charge in [0.1, 0.15) is 16.7 Å². The van der Waals surface area contributed by atoms with Crippen LogP contribution in [0.25, 0.3) is 0 Å². The summed E-state index contributed by atoms with van der Waals surface area (Å²) in [5, 5.41) is 0.753. The molecule has 0 bridgehead atoms. The number of hydrogen-bond acceptors (Lipinski definition) is 7. The normalized spacial score (nSPS) is 20.6. The van der Waals surface area contributed by atoms with Crippen LogP contribution in [0.3, 0.4) is 0 Å². The predicted molar refractivity (Wildman–Crippen MR) is 99.8 cm³/mol. The van der Waals surface area contributed by atoms with E-state index in [0.29, 0.717) is 22.8 Å². The number of nitrogens with one attached hydrogen (secondary N) is 1. The first-order valence-electron chi connectivity index (χ1n) is 8.42. The van der Waals surface area contributed by atoms with E-state index in [0.717, 1.165) is 0 Å². The molecule has 1 aliphatic heterocycles. The highest BCUT2D eigenvalue weighted by Crippen LogP contribution is 2.39. The maximum Gasteiger partial charge on any atom is 0.219 e. The van der Waals surface area contributed by atoms with E-state index in [9.17, 15) is 8.42 Å². The van der Waals surface area contributed by atoms with Crippen LogP contribution in [-0.4, -0.2) is 51.6 Å². The molecule has 1 saturated heterocycles. The second-order valence-electron chi connectivity index (χ2n) is 6.12. The van der Waals surface area contributed by atoms with Gasteiger partial charge in [-0.3, -0.25) is 9.82 Å². The number of sulfonamides is 1. The molecule has 0 spiro atoms. The first-order chi connectivity index (χ1) is 13.0. The van der Waals surface area contributed by atoms with Gasteiger partial charge in [-0.15, -0.1) is 0 Å². The molecule has 2 atom stereocenters. The van der Waals surface area contributed by atoms with Crippen molar-refractivity contribution in [2.24, 2.45) is 0 Å². The summed E-state index contributed by atoms with van der Waals surface area (Å²) in [4.78, 5) is 9.68. The number of hydroxylamine groups is 2. The van der Waals surface area contributed by atoms with Crippen molar-refractivity contribution in [2.45, 2.75) is 17.8 Å². The molecule has 1 N–H and O–H groups in total. The van der Waals surface area contributed by atoms with Crippen molar-refractivity contribution >= 4 is 10.0 Å². The maximum atomic E-state index is 12.9. The Hall–Kier alpha value is -2.20. The van der Waals surface area contributed by atoms with Crippen molar-refractivity contribution in [2.75, 3.05) is 27.9 Å². The third-order valence-corrected chi connectivity index (χ3v) is 6.26. The fourth-order valence-electron chi connectivity index (χ4n) is 3.10. The molecule has 146 valence electrons. The Morgan fingerprint density at radius 2 is 2.07 bits per heavy atom. The summed E-state index contributed by atoms with van der Waals surface area (Å²) >= 11 is 0. The van der Waals surface area contributed by atoms with E-state index in [4.69, 9.17) is 14.3 Å². The van der Waals surface area contributed by atoms with E-state index < -0.39 is 21.3 Å². The Morgan fingerprint density at radius 3 is 2.74 bits per heavy atom. The Morgan fingerprint density at radius 1 is 1.26 bits per heavy atom. The van der Waals surface area contributed by atoms with E-state index in [2.05, 4.69) is 9.71 Å². The highest BCUT2D eigenvalue weighted by Gasteiger charge is 2.44. The predicted octanol–water partition coefficient (Wildman–Crippen LogP) is 1.51. The summed E-state index contributed by atoms with van der Waals surface area (Å²) < 4.78 is 39.2. The monoisotopic (exact) mass is 393 g/mol. The molecule has 1 aliphatic rings. The van der Waals surface area contributed by atoms with E-state index in [-0.39, 0.29) is 13.2 Å². The van der Waals surface area contributed by atoms with Crippen molar-refractivity contribution < 1.29 is 22.7 Å². The molecule has 8 nitrogen and oxygen atoms in total. The zero-order chi connectivity index (χ0) is 19.4. The van der Waals surface area contributed by atoms with Gasteiger partial charge in [0, 0.05) is 24.9 Å². The van der Waals surface area contributed by atoms with E-state index in [1.165, 1.54) is 7.11 Å². The van der Waals surface area contributed by atoms with Crippen LogP contribution in [0.1, 0.15) is 17.3 Å². The van der Waals surface area contributed by atoms with Gasteiger partial charge in [-0.2, -0.15) is 5.06 Å². The van der Waals surface area contributed by atoms with Gasteiger partial charge in [-0.1, -0.05) is 6.07 Å². The molecular formula is C18H23N3O5S. The number of pyridine rings is 1. The zero-order valence-corrected chi connectivity index (χ0v) is 16.3. The highest BCUT2D eigenvalue weighted by molar-refractivity contribution is 7.90. The van der Waals surface area contributed by atoms with Crippen LogP contribution in [-0.2, 0) is 21.4 Å². The summed E-state index contributed by atoms with van der Waals surface area (Å²) in [7, 11) is 1.14. The molecule has 0 aliphatic carbocycles. The second kappa shape index (κ2) is 8.22. The van der Waals surface area contributed by atoms with Gasteiger partial charge >= 0.3 is 0 Å². The quantitative estimate of drug-likeness (QED) is 0.762. The minimum Gasteiger partial charge on any atom is -0.497 e. The smallest absolute Gasteiger partial charge is 0.219 e. The Bertz CT molecular complexity index is 876. The minimum absolute atomic E-state index is 0.0495. The summed E-state index contributed by atoms with van der Waals surface area (Å²) in [6, 6.07) is 10.1. The van der Waals surface area contributed by atoms with Crippen LogP contribution in [0.4, 0.5) is 0 Å². The van der Waals surface area contributed by atoms with Gasteiger partial charge in [0.15, 0.2) is 0 Å². The van der Waals surface area contributed by atoms with E-state index in [1.54, 1.807) is 55.7 Å². The molecule has 2 unspecified atom stereocenters. The molecule has 0 saturated carbocycles. The summed E-state index contributed by atoms with van der Waals surface area (Å²) in [5.41, 5.74) is 1.36. The lowest BCUT2D eigenvalue weighted by atomic mass is 10.0. The minimum atomic E-state index is -3.67. The molecule has 1 fully saturated rings. The third-order valence-electron chi connectivity index (χ3n) is 4.52. The Kier molecular flexibility index (Phi) is 5.95. The standard InChI is InChI=1S/C18H23N3O5S/c1-21-18(15-8-7-14(24-2)10-16(15)25-3)17(12-26-21)27(22,23)20-11-13-6-4-5-9-19-13/h4-10,17-18,20H,11-12H2,1-3H3. The molecule has 3 rings (SSSR count). The van der Waals surface area contributed by atoms with Crippen LogP contribution < -0.4 is 14.2 Å². The SMILES string of the molecule is COc1ccc(C2C(S(=O)(=O)NCc3ccccn3)CON2C)c(OC)c1. The average Bonchev–Trinajstić information content (AvgIpc) is 3.09. The van der Waals surface area contributed by atoms with E-state index >= 15 is 0 Å². The number of benzene rings is 1. The fraction of sp³-hybridized carbons (Fsp3) is 0.389. The summed E-state index contributed by atoms with van der Waals surface area (Å²) in [6.45, 7) is 0.170. The van der Waals surface area contributed by atoms with Crippen molar-refractivity contribution in [3.63, 3.8) is 0 Å². The van der Waals surface area contributed by atoms with Crippen molar-refractivity contribution in [1.29, 1.82) is 0 Å². The molecule has 27 heavy (non-hydrogen) atoms. The van der Waals surface area contributed by atoms with Crippen LogP contribution >= 0.6 is 0 Å². The third kappa shape index (κ3) is 4.22. The number of aromatic nitrogens is 1. The Labute approximate surface area is 159 Å². The van der Waals surface area contributed by atoms with Gasteiger partial charge in [0.25, 0.3) is 0 Å². The highest BCUT2D eigenvalue weighted by atomic mass is 32.2. The van der Waals surface area contributed by atoms with Gasteiger partial charge in [-0.25, -0.2) is 13.1 Å². The van der Waals surface area contributed by atoms with Crippen LogP contribution in [0, 0.1) is 0 Å². The number of ether oxygens (including phenoxy) is 2. The molecule has 2 aromatic rings. The van der Waals surface area contributed by atoms with Crippen LogP contribution in [0.2, 0.25) is 0 Å². The lowest BCUT2D eigenvalue weighted by molar-refractivity contribution is -0.110. The first kappa shape index (κ1) is 19.6. The number of methoxy groups -OCH3 is 2. The van der Waals surface area contributed by atoms with Gasteiger partial charge in [-0.05, 0) is 24.3 Å². The van der Waals surface area contributed by atoms with Crippen molar-refractivity contribution in [1.82, 2.24) is 14.8 Å². The number of rotatable bonds is 7. The fourth-order valence-corrected chi connectivity index (χ4v) is 4.56. The lowest BCUT2D eigenvalue weighted by Gasteiger charge is -2.25. The molecule has 1 aromatic heterocycles. The number of hydrogen-bond donors (Lipinski definition) is 1. The lowest BCUT2D eigenvalue weighted by Crippen LogP contribution is -2.39. The molecule has 9 heteroatoms. The number of nitrogens with zero attached hydrogens (tertiary/aromatic N) is 2. The maximum absolute atomic E-state index is 12.9. The van der Waals surface area contributed by atoms with Gasteiger partial charge < -0.3 is 9.47 Å². The largest absolute Gasteiger partial charge is 0.497 e. The summed E-state index contributed by atoms with van der Waals surface area (Å²) in [5.74, 6) is 1.17. The molecule has 2 heterocycles. The van der Waals surface area contributed by atoms with Crippen molar-refractivity contribution in [3.8, 4) is 11.5 Å². The average molecular weight is 393 g/mol. The second-order valence-corrected chi connectivity index (χ2v) is 8.10. The van der Waals surface area contributed by atoms with Crippen LogP contribution in [0.15, 0.2) is 42.6 Å². The van der Waals surface area contributed by atoms with Crippen LogP contribution in [0.5, 0.6) is 11.5 Å². The molecule has 0 amide bonds. The zero-order valence-electron chi connectivity index (χ0n) is 15.5. The van der Waals surface area contributed by atoms with E-state index in [1.807, 2.05) is 6.07 Å².